The Morgan fingerprint density at radius 1 is 0.750 bits per heavy atom. The number of carbonyl (C=O) groups is 2. The van der Waals surface area contributed by atoms with Gasteiger partial charge in [-0.3, -0.25) is 4.79 Å². The number of hydrogen-bond acceptors (Lipinski definition) is 2. The van der Waals surface area contributed by atoms with Gasteiger partial charge >= 0.3 is 5.97 Å². The van der Waals surface area contributed by atoms with Gasteiger partial charge in [0.1, 0.15) is 6.04 Å². The molecule has 0 aliphatic rings. The van der Waals surface area contributed by atoms with Crippen molar-refractivity contribution in [3.05, 3.63) is 108 Å². The summed E-state index contributed by atoms with van der Waals surface area (Å²) in [7, 11) is 0. The molecule has 0 saturated heterocycles. The van der Waals surface area contributed by atoms with Gasteiger partial charge in [-0.05, 0) is 16.7 Å². The summed E-state index contributed by atoms with van der Waals surface area (Å²) in [4.78, 5) is 24.4. The van der Waals surface area contributed by atoms with Gasteiger partial charge < -0.3 is 10.4 Å². The second kappa shape index (κ2) is 9.51. The molecule has 3 aromatic rings. The van der Waals surface area contributed by atoms with Gasteiger partial charge in [0.05, 0.1) is 0 Å². The lowest BCUT2D eigenvalue weighted by atomic mass is 9.88. The smallest absolute Gasteiger partial charge is 0.326 e. The normalized spacial score (nSPS) is 11.8. The summed E-state index contributed by atoms with van der Waals surface area (Å²) in [6, 6.07) is 28.0. The van der Waals surface area contributed by atoms with E-state index in [0.29, 0.717) is 0 Å². The molecule has 0 radical (unpaired) electrons. The highest BCUT2D eigenvalue weighted by Gasteiger charge is 2.23. The summed E-state index contributed by atoms with van der Waals surface area (Å²) in [6.45, 7) is 0. The van der Waals surface area contributed by atoms with Gasteiger partial charge in [-0.15, -0.1) is 0 Å². The SMILES string of the molecule is O=C(CC(c1ccccc1)c1ccccc1)N[C@@H](Cc1ccccc1)C(=O)O. The number of hydrogen-bond donors (Lipinski definition) is 2. The van der Waals surface area contributed by atoms with Gasteiger partial charge in [-0.25, -0.2) is 4.79 Å². The molecule has 0 heterocycles. The third-order valence-electron chi connectivity index (χ3n) is 4.71. The van der Waals surface area contributed by atoms with Gasteiger partial charge in [0.25, 0.3) is 0 Å². The van der Waals surface area contributed by atoms with E-state index in [1.165, 1.54) is 0 Å². The Bertz CT molecular complexity index is 855. The van der Waals surface area contributed by atoms with E-state index in [9.17, 15) is 14.7 Å². The van der Waals surface area contributed by atoms with Crippen LogP contribution in [-0.4, -0.2) is 23.0 Å². The van der Waals surface area contributed by atoms with Crippen molar-refractivity contribution in [1.82, 2.24) is 5.32 Å². The molecule has 4 heteroatoms. The Hall–Kier alpha value is -3.40. The third kappa shape index (κ3) is 5.30. The molecule has 1 atom stereocenters. The molecular weight excluding hydrogens is 350 g/mol. The monoisotopic (exact) mass is 373 g/mol. The molecule has 28 heavy (non-hydrogen) atoms. The first-order chi connectivity index (χ1) is 13.6. The minimum absolute atomic E-state index is 0.131. The van der Waals surface area contributed by atoms with E-state index in [-0.39, 0.29) is 24.7 Å². The molecule has 0 aliphatic heterocycles. The molecule has 4 nitrogen and oxygen atoms in total. The van der Waals surface area contributed by atoms with Gasteiger partial charge in [-0.1, -0.05) is 91.0 Å². The van der Waals surface area contributed by atoms with Crippen molar-refractivity contribution in [1.29, 1.82) is 0 Å². The van der Waals surface area contributed by atoms with Crippen LogP contribution in [0.4, 0.5) is 0 Å². The van der Waals surface area contributed by atoms with Crippen molar-refractivity contribution in [2.24, 2.45) is 0 Å². The fourth-order valence-electron chi connectivity index (χ4n) is 3.29. The molecule has 3 rings (SSSR count). The molecule has 0 bridgehead atoms. The van der Waals surface area contributed by atoms with Gasteiger partial charge in [0.15, 0.2) is 0 Å². The number of amides is 1. The first-order valence-corrected chi connectivity index (χ1v) is 9.29. The molecule has 0 spiro atoms. The molecule has 0 aromatic heterocycles. The standard InChI is InChI=1S/C24H23NO3/c26-23(25-22(24(27)28)16-18-10-4-1-5-11-18)17-21(19-12-6-2-7-13-19)20-14-8-3-9-15-20/h1-15,21-22H,16-17H2,(H,25,26)(H,27,28)/t22-/m0/s1. The van der Waals surface area contributed by atoms with Gasteiger partial charge in [0, 0.05) is 18.8 Å². The summed E-state index contributed by atoms with van der Waals surface area (Å²) >= 11 is 0. The van der Waals surface area contributed by atoms with Crippen LogP contribution < -0.4 is 5.32 Å². The summed E-state index contributed by atoms with van der Waals surface area (Å²) in [5.41, 5.74) is 2.93. The Kier molecular flexibility index (Phi) is 6.58. The highest BCUT2D eigenvalue weighted by atomic mass is 16.4. The van der Waals surface area contributed by atoms with Crippen LogP contribution in [0.25, 0.3) is 0 Å². The van der Waals surface area contributed by atoms with Crippen molar-refractivity contribution < 1.29 is 14.7 Å². The fourth-order valence-corrected chi connectivity index (χ4v) is 3.29. The number of carboxylic acid groups (broad SMARTS) is 1. The topological polar surface area (TPSA) is 66.4 Å². The lowest BCUT2D eigenvalue weighted by molar-refractivity contribution is -0.141. The van der Waals surface area contributed by atoms with Crippen LogP contribution in [0.2, 0.25) is 0 Å². The van der Waals surface area contributed by atoms with Crippen LogP contribution in [0.1, 0.15) is 29.0 Å². The number of carboxylic acids is 1. The summed E-state index contributed by atoms with van der Waals surface area (Å²) in [6.07, 6.45) is 0.440. The number of nitrogens with one attached hydrogen (secondary N) is 1. The predicted octanol–water partition coefficient (Wildman–Crippen LogP) is 4.02. The number of carbonyl (C=O) groups excluding carboxylic acids is 1. The minimum atomic E-state index is -1.03. The maximum absolute atomic E-state index is 12.7. The largest absolute Gasteiger partial charge is 0.480 e. The van der Waals surface area contributed by atoms with Gasteiger partial charge in [0.2, 0.25) is 5.91 Å². The zero-order valence-electron chi connectivity index (χ0n) is 15.5. The fraction of sp³-hybridized carbons (Fsp3) is 0.167. The van der Waals surface area contributed by atoms with Crippen molar-refractivity contribution >= 4 is 11.9 Å². The van der Waals surface area contributed by atoms with Crippen molar-refractivity contribution in [3.8, 4) is 0 Å². The van der Waals surface area contributed by atoms with E-state index >= 15 is 0 Å². The highest BCUT2D eigenvalue weighted by Crippen LogP contribution is 2.27. The molecule has 1 amide bonds. The van der Waals surface area contributed by atoms with Crippen LogP contribution in [0, 0.1) is 0 Å². The molecule has 142 valence electrons. The number of rotatable bonds is 8. The molecule has 0 aliphatic carbocycles. The Balaban J connectivity index is 1.75. The number of aliphatic carboxylic acids is 1. The average Bonchev–Trinajstić information content (AvgIpc) is 2.73. The molecule has 0 unspecified atom stereocenters. The molecule has 3 aromatic carbocycles. The Morgan fingerprint density at radius 3 is 1.68 bits per heavy atom. The zero-order chi connectivity index (χ0) is 19.8. The average molecular weight is 373 g/mol. The quantitative estimate of drug-likeness (QED) is 0.627. The summed E-state index contributed by atoms with van der Waals surface area (Å²) in [5.74, 6) is -1.44. The molecule has 0 fully saturated rings. The van der Waals surface area contributed by atoms with E-state index in [2.05, 4.69) is 5.32 Å². The van der Waals surface area contributed by atoms with Crippen LogP contribution in [-0.2, 0) is 16.0 Å². The first kappa shape index (κ1) is 19.4. The predicted molar refractivity (Wildman–Crippen MR) is 109 cm³/mol. The zero-order valence-corrected chi connectivity index (χ0v) is 15.5. The second-order valence-electron chi connectivity index (χ2n) is 6.73. The summed E-state index contributed by atoms with van der Waals surface area (Å²) in [5, 5.41) is 12.2. The van der Waals surface area contributed by atoms with E-state index < -0.39 is 12.0 Å². The lowest BCUT2D eigenvalue weighted by Crippen LogP contribution is -2.42. The van der Waals surface area contributed by atoms with Crippen molar-refractivity contribution in [3.63, 3.8) is 0 Å². The molecular formula is C24H23NO3. The Labute approximate surface area is 164 Å². The molecule has 2 N–H and O–H groups in total. The second-order valence-corrected chi connectivity index (χ2v) is 6.73. The van der Waals surface area contributed by atoms with E-state index in [0.717, 1.165) is 16.7 Å². The maximum atomic E-state index is 12.7. The van der Waals surface area contributed by atoms with Crippen LogP contribution in [0.3, 0.4) is 0 Å². The summed E-state index contributed by atoms with van der Waals surface area (Å²) < 4.78 is 0. The van der Waals surface area contributed by atoms with E-state index in [1.54, 1.807) is 0 Å². The first-order valence-electron chi connectivity index (χ1n) is 9.29. The maximum Gasteiger partial charge on any atom is 0.326 e. The lowest BCUT2D eigenvalue weighted by Gasteiger charge is -2.20. The van der Waals surface area contributed by atoms with Crippen LogP contribution >= 0.6 is 0 Å². The van der Waals surface area contributed by atoms with Crippen LogP contribution in [0.5, 0.6) is 0 Å². The minimum Gasteiger partial charge on any atom is -0.480 e. The van der Waals surface area contributed by atoms with E-state index in [1.807, 2.05) is 91.0 Å². The Morgan fingerprint density at radius 2 is 1.21 bits per heavy atom. The van der Waals surface area contributed by atoms with Crippen LogP contribution in [0.15, 0.2) is 91.0 Å². The van der Waals surface area contributed by atoms with Crippen molar-refractivity contribution in [2.45, 2.75) is 24.8 Å². The van der Waals surface area contributed by atoms with E-state index in [4.69, 9.17) is 0 Å². The highest BCUT2D eigenvalue weighted by molar-refractivity contribution is 5.84. The molecule has 0 saturated carbocycles. The number of benzene rings is 3. The third-order valence-corrected chi connectivity index (χ3v) is 4.71. The van der Waals surface area contributed by atoms with Crippen molar-refractivity contribution in [2.75, 3.05) is 0 Å². The van der Waals surface area contributed by atoms with Gasteiger partial charge in [-0.2, -0.15) is 0 Å².